The van der Waals surface area contributed by atoms with Crippen molar-refractivity contribution in [3.05, 3.63) is 34.9 Å². The van der Waals surface area contributed by atoms with Crippen LogP contribution in [0, 0.1) is 0 Å². The van der Waals surface area contributed by atoms with Gasteiger partial charge in [-0.3, -0.25) is 4.90 Å². The van der Waals surface area contributed by atoms with Crippen LogP contribution in [0.2, 0.25) is 5.02 Å². The molecule has 4 nitrogen and oxygen atoms in total. The molecule has 2 atom stereocenters. The summed E-state index contributed by atoms with van der Waals surface area (Å²) in [7, 11) is 0. The van der Waals surface area contributed by atoms with Gasteiger partial charge in [0.15, 0.2) is 0 Å². The van der Waals surface area contributed by atoms with Gasteiger partial charge in [-0.05, 0) is 24.1 Å². The number of aliphatic hydroxyl groups excluding tert-OH is 1. The first-order valence-corrected chi connectivity index (χ1v) is 7.02. The van der Waals surface area contributed by atoms with Gasteiger partial charge in [-0.1, -0.05) is 23.7 Å². The molecule has 2 unspecified atom stereocenters. The predicted octanol–water partition coefficient (Wildman–Crippen LogP) is 1.42. The van der Waals surface area contributed by atoms with E-state index in [1.54, 1.807) is 0 Å². The van der Waals surface area contributed by atoms with Crippen LogP contribution in [-0.4, -0.2) is 49.0 Å². The number of rotatable bonds is 5. The Labute approximate surface area is 119 Å². The standard InChI is InChI=1S/C14H21ClN2O2/c15-12-3-1-2-11(8-12)14(16)4-5-17-6-7-19-13(9-17)10-18/h1-3,8,13-14,18H,4-7,9-10,16H2. The zero-order chi connectivity index (χ0) is 13.7. The molecule has 1 aliphatic rings. The molecule has 0 bridgehead atoms. The van der Waals surface area contributed by atoms with Crippen LogP contribution < -0.4 is 5.73 Å². The minimum absolute atomic E-state index is 0.00544. The lowest BCUT2D eigenvalue weighted by atomic mass is 10.0. The number of hydrogen-bond donors (Lipinski definition) is 2. The molecule has 19 heavy (non-hydrogen) atoms. The monoisotopic (exact) mass is 284 g/mol. The lowest BCUT2D eigenvalue weighted by molar-refractivity contribution is -0.0531. The summed E-state index contributed by atoms with van der Waals surface area (Å²) in [5.41, 5.74) is 7.25. The van der Waals surface area contributed by atoms with Gasteiger partial charge >= 0.3 is 0 Å². The molecule has 3 N–H and O–H groups in total. The summed E-state index contributed by atoms with van der Waals surface area (Å²) in [4.78, 5) is 2.29. The minimum atomic E-state index is -0.0591. The van der Waals surface area contributed by atoms with E-state index in [9.17, 15) is 0 Å². The molecule has 1 saturated heterocycles. The fourth-order valence-electron chi connectivity index (χ4n) is 2.32. The molecular formula is C14H21ClN2O2. The molecule has 1 heterocycles. The van der Waals surface area contributed by atoms with Crippen molar-refractivity contribution in [3.63, 3.8) is 0 Å². The molecular weight excluding hydrogens is 264 g/mol. The molecule has 106 valence electrons. The Balaban J connectivity index is 1.81. The lowest BCUT2D eigenvalue weighted by Gasteiger charge is -2.32. The average Bonchev–Trinajstić information content (AvgIpc) is 2.45. The van der Waals surface area contributed by atoms with Crippen LogP contribution in [0.25, 0.3) is 0 Å². The molecule has 1 aromatic rings. The van der Waals surface area contributed by atoms with Gasteiger partial charge in [0.25, 0.3) is 0 Å². The molecule has 1 aromatic carbocycles. The molecule has 1 fully saturated rings. The Hall–Kier alpha value is -0.650. The number of aliphatic hydroxyl groups is 1. The molecule has 2 rings (SSSR count). The van der Waals surface area contributed by atoms with E-state index in [1.165, 1.54) is 0 Å². The second-order valence-electron chi connectivity index (χ2n) is 4.93. The summed E-state index contributed by atoms with van der Waals surface area (Å²) in [5, 5.41) is 9.83. The maximum absolute atomic E-state index is 9.10. The molecule has 0 aromatic heterocycles. The van der Waals surface area contributed by atoms with Gasteiger partial charge in [-0.25, -0.2) is 0 Å². The van der Waals surface area contributed by atoms with E-state index in [2.05, 4.69) is 4.90 Å². The average molecular weight is 285 g/mol. The molecule has 0 radical (unpaired) electrons. The zero-order valence-corrected chi connectivity index (χ0v) is 11.7. The smallest absolute Gasteiger partial charge is 0.0932 e. The van der Waals surface area contributed by atoms with Crippen LogP contribution in [0.3, 0.4) is 0 Å². The Kier molecular flexibility index (Phi) is 5.60. The summed E-state index contributed by atoms with van der Waals surface area (Å²) in [6.45, 7) is 3.35. The van der Waals surface area contributed by atoms with Crippen LogP contribution in [0.5, 0.6) is 0 Å². The van der Waals surface area contributed by atoms with Gasteiger partial charge in [-0.15, -0.1) is 0 Å². The summed E-state index contributed by atoms with van der Waals surface area (Å²) in [6, 6.07) is 7.70. The summed E-state index contributed by atoms with van der Waals surface area (Å²) in [5.74, 6) is 0. The van der Waals surface area contributed by atoms with Gasteiger partial charge in [0.1, 0.15) is 0 Å². The summed E-state index contributed by atoms with van der Waals surface area (Å²) >= 11 is 5.97. The first-order chi connectivity index (χ1) is 9.19. The van der Waals surface area contributed by atoms with Gasteiger partial charge in [0.2, 0.25) is 0 Å². The maximum Gasteiger partial charge on any atom is 0.0932 e. The largest absolute Gasteiger partial charge is 0.394 e. The Morgan fingerprint density at radius 3 is 3.11 bits per heavy atom. The molecule has 0 amide bonds. The van der Waals surface area contributed by atoms with Gasteiger partial charge < -0.3 is 15.6 Å². The number of ether oxygens (including phenoxy) is 1. The highest BCUT2D eigenvalue weighted by atomic mass is 35.5. The van der Waals surface area contributed by atoms with Crippen molar-refractivity contribution in [2.24, 2.45) is 5.73 Å². The zero-order valence-electron chi connectivity index (χ0n) is 11.0. The van der Waals surface area contributed by atoms with Crippen LogP contribution >= 0.6 is 11.6 Å². The summed E-state index contributed by atoms with van der Waals surface area (Å²) in [6.07, 6.45) is 0.814. The third-order valence-corrected chi connectivity index (χ3v) is 3.69. The number of halogens is 1. The van der Waals surface area contributed by atoms with Crippen molar-refractivity contribution in [2.75, 3.05) is 32.8 Å². The molecule has 1 aliphatic heterocycles. The molecule has 0 spiro atoms. The van der Waals surface area contributed by atoms with Crippen molar-refractivity contribution in [2.45, 2.75) is 18.6 Å². The third-order valence-electron chi connectivity index (χ3n) is 3.46. The predicted molar refractivity (Wildman–Crippen MR) is 76.3 cm³/mol. The number of nitrogens with two attached hydrogens (primary N) is 1. The Morgan fingerprint density at radius 2 is 2.37 bits per heavy atom. The maximum atomic E-state index is 9.10. The van der Waals surface area contributed by atoms with Gasteiger partial charge in [0, 0.05) is 30.7 Å². The van der Waals surface area contributed by atoms with E-state index in [-0.39, 0.29) is 18.8 Å². The fourth-order valence-corrected chi connectivity index (χ4v) is 2.52. The molecule has 5 heteroatoms. The van der Waals surface area contributed by atoms with Crippen molar-refractivity contribution in [3.8, 4) is 0 Å². The van der Waals surface area contributed by atoms with Crippen LogP contribution in [-0.2, 0) is 4.74 Å². The van der Waals surface area contributed by atoms with E-state index in [0.717, 1.165) is 36.6 Å². The molecule has 0 aliphatic carbocycles. The lowest BCUT2D eigenvalue weighted by Crippen LogP contribution is -2.44. The minimum Gasteiger partial charge on any atom is -0.394 e. The highest BCUT2D eigenvalue weighted by Crippen LogP contribution is 2.19. The van der Waals surface area contributed by atoms with Crippen molar-refractivity contribution in [1.82, 2.24) is 4.90 Å². The number of hydrogen-bond acceptors (Lipinski definition) is 4. The van der Waals surface area contributed by atoms with Crippen LogP contribution in [0.4, 0.5) is 0 Å². The quantitative estimate of drug-likeness (QED) is 0.859. The SMILES string of the molecule is NC(CCN1CCOC(CO)C1)c1cccc(Cl)c1. The van der Waals surface area contributed by atoms with Crippen molar-refractivity contribution in [1.29, 1.82) is 0 Å². The summed E-state index contributed by atoms with van der Waals surface area (Å²) < 4.78 is 5.42. The van der Waals surface area contributed by atoms with Crippen molar-refractivity contribution >= 4 is 11.6 Å². The Morgan fingerprint density at radius 1 is 1.53 bits per heavy atom. The second-order valence-corrected chi connectivity index (χ2v) is 5.36. The first-order valence-electron chi connectivity index (χ1n) is 6.65. The number of benzene rings is 1. The fraction of sp³-hybridized carbons (Fsp3) is 0.571. The van der Waals surface area contributed by atoms with Gasteiger partial charge in [0.05, 0.1) is 19.3 Å². The van der Waals surface area contributed by atoms with E-state index in [1.807, 2.05) is 24.3 Å². The highest BCUT2D eigenvalue weighted by molar-refractivity contribution is 6.30. The van der Waals surface area contributed by atoms with Crippen molar-refractivity contribution < 1.29 is 9.84 Å². The molecule has 0 saturated carbocycles. The van der Waals surface area contributed by atoms with Crippen LogP contribution in [0.15, 0.2) is 24.3 Å². The van der Waals surface area contributed by atoms with E-state index in [4.69, 9.17) is 27.2 Å². The second kappa shape index (κ2) is 7.22. The van der Waals surface area contributed by atoms with Crippen LogP contribution in [0.1, 0.15) is 18.0 Å². The van der Waals surface area contributed by atoms with E-state index in [0.29, 0.717) is 6.61 Å². The third kappa shape index (κ3) is 4.44. The highest BCUT2D eigenvalue weighted by Gasteiger charge is 2.20. The Bertz CT molecular complexity index is 403. The first kappa shape index (κ1) is 14.8. The van der Waals surface area contributed by atoms with E-state index >= 15 is 0 Å². The van der Waals surface area contributed by atoms with Gasteiger partial charge in [-0.2, -0.15) is 0 Å². The normalized spacial score (nSPS) is 22.4. The number of nitrogens with zero attached hydrogens (tertiary/aromatic N) is 1. The topological polar surface area (TPSA) is 58.7 Å². The number of morpholine rings is 1. The van der Waals surface area contributed by atoms with E-state index < -0.39 is 0 Å².